The molecule has 4 nitrogen and oxygen atoms in total. The van der Waals surface area contributed by atoms with Crippen LogP contribution in [-0.2, 0) is 9.53 Å². The van der Waals surface area contributed by atoms with Gasteiger partial charge in [0, 0.05) is 30.3 Å². The number of nitrogens with zero attached hydrogens (tertiary/aromatic N) is 2. The van der Waals surface area contributed by atoms with Crippen molar-refractivity contribution in [3.8, 4) is 0 Å². The van der Waals surface area contributed by atoms with Crippen LogP contribution in [0.4, 0.5) is 0 Å². The second kappa shape index (κ2) is 5.56. The summed E-state index contributed by atoms with van der Waals surface area (Å²) in [7, 11) is 0. The Balaban J connectivity index is 1.71. The molecule has 1 unspecified atom stereocenters. The number of piperidine rings is 1. The van der Waals surface area contributed by atoms with E-state index in [9.17, 15) is 4.79 Å². The van der Waals surface area contributed by atoms with Gasteiger partial charge in [-0.05, 0) is 26.7 Å². The Kier molecular flexibility index (Phi) is 3.78. The minimum atomic E-state index is 0.150. The van der Waals surface area contributed by atoms with Crippen LogP contribution in [0.1, 0.15) is 40.8 Å². The summed E-state index contributed by atoms with van der Waals surface area (Å²) in [5, 5.41) is 1.19. The lowest BCUT2D eigenvalue weighted by Gasteiger charge is -2.32. The summed E-state index contributed by atoms with van der Waals surface area (Å²) < 4.78 is 5.18. The van der Waals surface area contributed by atoms with E-state index in [0.29, 0.717) is 12.5 Å². The van der Waals surface area contributed by atoms with Crippen LogP contribution in [0.25, 0.3) is 0 Å². The highest BCUT2D eigenvalue weighted by Gasteiger charge is 2.29. The van der Waals surface area contributed by atoms with Gasteiger partial charge in [0.05, 0.1) is 29.1 Å². The zero-order chi connectivity index (χ0) is 14.1. The average molecular weight is 292 g/mol. The molecule has 0 aliphatic carbocycles. The van der Waals surface area contributed by atoms with Gasteiger partial charge in [-0.1, -0.05) is 0 Å². The highest BCUT2D eigenvalue weighted by Crippen LogP contribution is 2.32. The highest BCUT2D eigenvalue weighted by atomic mass is 32.1. The summed E-state index contributed by atoms with van der Waals surface area (Å²) in [4.78, 5) is 20.3. The smallest absolute Gasteiger partial charge is 0.253 e. The largest absolute Gasteiger partial charge is 0.500 e. The first kappa shape index (κ1) is 13.6. The fraction of sp³-hybridized carbons (Fsp3) is 0.600. The number of aromatic nitrogens is 1. The topological polar surface area (TPSA) is 42.4 Å². The molecule has 1 aromatic rings. The molecule has 3 heterocycles. The molecule has 0 spiro atoms. The minimum absolute atomic E-state index is 0.150. The van der Waals surface area contributed by atoms with Gasteiger partial charge in [0.15, 0.2) is 0 Å². The Bertz CT molecular complexity index is 531. The van der Waals surface area contributed by atoms with Crippen molar-refractivity contribution in [2.75, 3.05) is 19.7 Å². The fourth-order valence-electron chi connectivity index (χ4n) is 2.78. The van der Waals surface area contributed by atoms with Crippen LogP contribution in [0, 0.1) is 13.8 Å². The van der Waals surface area contributed by atoms with Gasteiger partial charge in [-0.3, -0.25) is 4.79 Å². The number of ether oxygens (including phenoxy) is 1. The van der Waals surface area contributed by atoms with E-state index in [-0.39, 0.29) is 5.91 Å². The van der Waals surface area contributed by atoms with Crippen LogP contribution in [0.15, 0.2) is 11.8 Å². The minimum Gasteiger partial charge on any atom is -0.500 e. The maximum atomic E-state index is 12.4. The molecule has 1 aromatic heterocycles. The number of thiazole rings is 1. The molecule has 2 aliphatic heterocycles. The monoisotopic (exact) mass is 292 g/mol. The van der Waals surface area contributed by atoms with Gasteiger partial charge >= 0.3 is 0 Å². The number of amides is 1. The van der Waals surface area contributed by atoms with E-state index >= 15 is 0 Å². The van der Waals surface area contributed by atoms with E-state index in [1.54, 1.807) is 17.6 Å². The number of carbonyl (C=O) groups excluding carboxylic acids is 1. The average Bonchev–Trinajstić information content (AvgIpc) is 3.09. The molecule has 0 aromatic carbocycles. The molecular weight excluding hydrogens is 272 g/mol. The number of hydrogen-bond acceptors (Lipinski definition) is 4. The van der Waals surface area contributed by atoms with Crippen molar-refractivity contribution in [1.29, 1.82) is 0 Å². The number of hydrogen-bond donors (Lipinski definition) is 0. The molecule has 20 heavy (non-hydrogen) atoms. The Hall–Kier alpha value is -1.36. The lowest BCUT2D eigenvalue weighted by molar-refractivity contribution is -0.128. The van der Waals surface area contributed by atoms with Gasteiger partial charge < -0.3 is 9.64 Å². The Labute approximate surface area is 123 Å². The molecule has 1 atom stereocenters. The van der Waals surface area contributed by atoms with Crippen molar-refractivity contribution in [2.45, 2.75) is 39.0 Å². The number of rotatable bonds is 2. The number of carbonyl (C=O) groups is 1. The molecule has 1 amide bonds. The molecule has 2 aliphatic rings. The van der Waals surface area contributed by atoms with Crippen molar-refractivity contribution < 1.29 is 9.53 Å². The second-order valence-corrected chi connectivity index (χ2v) is 6.78. The van der Waals surface area contributed by atoms with Crippen LogP contribution in [0.5, 0.6) is 0 Å². The first-order chi connectivity index (χ1) is 9.65. The molecule has 0 radical (unpaired) electrons. The molecule has 5 heteroatoms. The first-order valence-electron chi connectivity index (χ1n) is 7.19. The molecular formula is C15H20N2O2S. The van der Waals surface area contributed by atoms with Crippen LogP contribution >= 0.6 is 11.3 Å². The van der Waals surface area contributed by atoms with Gasteiger partial charge in [0.2, 0.25) is 0 Å². The summed E-state index contributed by atoms with van der Waals surface area (Å²) in [5.74, 6) is 0.547. The zero-order valence-electron chi connectivity index (χ0n) is 12.0. The standard InChI is InChI=1S/C15H20N2O2S/c1-10-11(2)20-14(16-10)12-4-3-6-17(8-12)15(18)13-5-7-19-9-13/h9,12H,3-8H2,1-2H3. The summed E-state index contributed by atoms with van der Waals surface area (Å²) in [6.07, 6.45) is 4.56. The van der Waals surface area contributed by atoms with E-state index in [0.717, 1.165) is 43.6 Å². The molecule has 108 valence electrons. The normalized spacial score (nSPS) is 22.6. The van der Waals surface area contributed by atoms with Crippen molar-refractivity contribution >= 4 is 17.2 Å². The van der Waals surface area contributed by atoms with Crippen LogP contribution in [-0.4, -0.2) is 35.5 Å². The summed E-state index contributed by atoms with van der Waals surface area (Å²) in [5.41, 5.74) is 1.94. The van der Waals surface area contributed by atoms with E-state index < -0.39 is 0 Å². The quantitative estimate of drug-likeness (QED) is 0.842. The predicted octanol–water partition coefficient (Wildman–Crippen LogP) is 2.77. The Morgan fingerprint density at radius 3 is 3.00 bits per heavy atom. The third kappa shape index (κ3) is 2.59. The van der Waals surface area contributed by atoms with Crippen molar-refractivity contribution in [3.63, 3.8) is 0 Å². The summed E-state index contributed by atoms with van der Waals surface area (Å²) >= 11 is 1.78. The number of likely N-dealkylation sites (tertiary alicyclic amines) is 1. The van der Waals surface area contributed by atoms with Gasteiger partial charge in [0.25, 0.3) is 5.91 Å². The van der Waals surface area contributed by atoms with Crippen LogP contribution in [0.2, 0.25) is 0 Å². The van der Waals surface area contributed by atoms with Crippen molar-refractivity contribution in [2.24, 2.45) is 0 Å². The Morgan fingerprint density at radius 2 is 2.35 bits per heavy atom. The van der Waals surface area contributed by atoms with E-state index in [2.05, 4.69) is 18.8 Å². The van der Waals surface area contributed by atoms with E-state index in [4.69, 9.17) is 4.74 Å². The molecule has 0 saturated carbocycles. The zero-order valence-corrected chi connectivity index (χ0v) is 12.8. The SMILES string of the molecule is Cc1nc(C2CCCN(C(=O)C3=COCC3)C2)sc1C. The van der Waals surface area contributed by atoms with E-state index in [1.807, 2.05) is 4.90 Å². The van der Waals surface area contributed by atoms with Gasteiger partial charge in [0.1, 0.15) is 0 Å². The van der Waals surface area contributed by atoms with Crippen molar-refractivity contribution in [1.82, 2.24) is 9.88 Å². The third-order valence-electron chi connectivity index (χ3n) is 4.09. The van der Waals surface area contributed by atoms with Gasteiger partial charge in [-0.2, -0.15) is 0 Å². The lowest BCUT2D eigenvalue weighted by atomic mass is 9.98. The molecule has 1 saturated heterocycles. The number of aryl methyl sites for hydroxylation is 2. The van der Waals surface area contributed by atoms with Crippen molar-refractivity contribution in [3.05, 3.63) is 27.4 Å². The highest BCUT2D eigenvalue weighted by molar-refractivity contribution is 7.11. The first-order valence-corrected chi connectivity index (χ1v) is 8.00. The summed E-state index contributed by atoms with van der Waals surface area (Å²) in [6, 6.07) is 0. The van der Waals surface area contributed by atoms with Crippen LogP contribution in [0.3, 0.4) is 0 Å². The molecule has 1 fully saturated rings. The van der Waals surface area contributed by atoms with E-state index in [1.165, 1.54) is 9.88 Å². The maximum absolute atomic E-state index is 12.4. The fourth-order valence-corrected chi connectivity index (χ4v) is 3.83. The second-order valence-electron chi connectivity index (χ2n) is 5.55. The van der Waals surface area contributed by atoms with Gasteiger partial charge in [-0.15, -0.1) is 11.3 Å². The maximum Gasteiger partial charge on any atom is 0.253 e. The molecule has 0 N–H and O–H groups in total. The summed E-state index contributed by atoms with van der Waals surface area (Å²) in [6.45, 7) is 6.46. The predicted molar refractivity (Wildman–Crippen MR) is 78.8 cm³/mol. The Morgan fingerprint density at radius 1 is 1.50 bits per heavy atom. The third-order valence-corrected chi connectivity index (χ3v) is 5.33. The molecule has 3 rings (SSSR count). The van der Waals surface area contributed by atoms with Crippen LogP contribution < -0.4 is 0 Å². The lowest BCUT2D eigenvalue weighted by Crippen LogP contribution is -2.39. The van der Waals surface area contributed by atoms with Gasteiger partial charge in [-0.25, -0.2) is 4.98 Å². The molecule has 0 bridgehead atoms.